The summed E-state index contributed by atoms with van der Waals surface area (Å²) in [7, 11) is 0. The van der Waals surface area contributed by atoms with Crippen LogP contribution in [0.3, 0.4) is 0 Å². The largest absolute Gasteiger partial charge is 0.393 e. The van der Waals surface area contributed by atoms with Crippen molar-refractivity contribution < 1.29 is 20.1 Å². The molecule has 4 heteroatoms. The molecule has 7 rings (SSSR count). The first-order valence-corrected chi connectivity index (χ1v) is 11.7. The molecule has 6 aliphatic carbocycles. The van der Waals surface area contributed by atoms with Gasteiger partial charge in [0.1, 0.15) is 0 Å². The molecule has 12 atom stereocenters. The summed E-state index contributed by atoms with van der Waals surface area (Å²) in [5, 5.41) is 32.4. The number of aliphatic hydroxyl groups is 3. The van der Waals surface area contributed by atoms with E-state index in [0.29, 0.717) is 30.1 Å². The summed E-state index contributed by atoms with van der Waals surface area (Å²) in [6, 6.07) is 0. The predicted molar refractivity (Wildman–Crippen MR) is 103 cm³/mol. The van der Waals surface area contributed by atoms with E-state index in [1.54, 1.807) is 0 Å². The highest BCUT2D eigenvalue weighted by Crippen LogP contribution is 2.82. The molecule has 6 fully saturated rings. The Kier molecular flexibility index (Phi) is 2.92. The van der Waals surface area contributed by atoms with Crippen molar-refractivity contribution in [3.05, 3.63) is 11.6 Å². The third kappa shape index (κ3) is 1.62. The van der Waals surface area contributed by atoms with E-state index in [1.807, 2.05) is 0 Å². The van der Waals surface area contributed by atoms with Crippen molar-refractivity contribution in [3.63, 3.8) is 0 Å². The normalized spacial score (nSPS) is 68.4. The quantitative estimate of drug-likeness (QED) is 0.560. The molecule has 0 aromatic rings. The molecular weight excluding hydrogens is 352 g/mol. The van der Waals surface area contributed by atoms with Crippen LogP contribution in [0.2, 0.25) is 0 Å². The van der Waals surface area contributed by atoms with Gasteiger partial charge in [0.05, 0.1) is 17.3 Å². The summed E-state index contributed by atoms with van der Waals surface area (Å²) in [4.78, 5) is 0. The molecular formula is C24H34O4. The van der Waals surface area contributed by atoms with Gasteiger partial charge in [0, 0.05) is 29.6 Å². The molecule has 0 amide bonds. The van der Waals surface area contributed by atoms with Gasteiger partial charge in [-0.1, -0.05) is 25.5 Å². The van der Waals surface area contributed by atoms with Crippen molar-refractivity contribution in [2.75, 3.05) is 0 Å². The van der Waals surface area contributed by atoms with E-state index in [-0.39, 0.29) is 28.5 Å². The van der Waals surface area contributed by atoms with Crippen LogP contribution < -0.4 is 0 Å². The van der Waals surface area contributed by atoms with E-state index >= 15 is 0 Å². The summed E-state index contributed by atoms with van der Waals surface area (Å²) in [5.74, 6) is 3.33. The first-order valence-electron chi connectivity index (χ1n) is 11.7. The molecule has 0 aromatic carbocycles. The third-order valence-corrected chi connectivity index (χ3v) is 11.4. The predicted octanol–water partition coefficient (Wildman–Crippen LogP) is 3.00. The standard InChI is InChI=1S/C24H34O4/c1-21-6-3-12(25)11-23(21,27)16-9-13(16)19-15(21)4-7-22(2)20(19)14-10-17(14)24(22)8-5-18(26)28-24/h9,12,14-20,25-27H,3-8,10-11H2,1-2H3. The van der Waals surface area contributed by atoms with Gasteiger partial charge in [-0.3, -0.25) is 0 Å². The van der Waals surface area contributed by atoms with Crippen LogP contribution in [0.5, 0.6) is 0 Å². The Morgan fingerprint density at radius 3 is 2.54 bits per heavy atom. The fourth-order valence-electron chi connectivity index (χ4n) is 10.0. The number of rotatable bonds is 0. The van der Waals surface area contributed by atoms with Crippen molar-refractivity contribution in [1.82, 2.24) is 0 Å². The van der Waals surface area contributed by atoms with Crippen molar-refractivity contribution >= 4 is 0 Å². The van der Waals surface area contributed by atoms with Crippen LogP contribution in [-0.2, 0) is 4.74 Å². The van der Waals surface area contributed by atoms with Crippen molar-refractivity contribution in [2.45, 2.75) is 88.8 Å². The Labute approximate surface area is 167 Å². The van der Waals surface area contributed by atoms with Gasteiger partial charge in [-0.15, -0.1) is 0 Å². The first kappa shape index (κ1) is 17.3. The zero-order valence-electron chi connectivity index (χ0n) is 17.1. The Morgan fingerprint density at radius 1 is 1.00 bits per heavy atom. The molecule has 0 bridgehead atoms. The molecule has 4 nitrogen and oxygen atoms in total. The smallest absolute Gasteiger partial charge is 0.155 e. The van der Waals surface area contributed by atoms with E-state index < -0.39 is 11.9 Å². The van der Waals surface area contributed by atoms with Crippen molar-refractivity contribution in [2.24, 2.45) is 46.3 Å². The monoisotopic (exact) mass is 386 g/mol. The second-order valence-electron chi connectivity index (χ2n) is 12.0. The summed E-state index contributed by atoms with van der Waals surface area (Å²) in [6.45, 7) is 4.82. The van der Waals surface area contributed by atoms with Gasteiger partial charge in [-0.2, -0.15) is 0 Å². The van der Waals surface area contributed by atoms with Gasteiger partial charge >= 0.3 is 0 Å². The van der Waals surface area contributed by atoms with Crippen LogP contribution in [0.15, 0.2) is 11.6 Å². The zero-order chi connectivity index (χ0) is 19.3. The van der Waals surface area contributed by atoms with E-state index in [1.165, 1.54) is 12.0 Å². The maximum absolute atomic E-state index is 11.8. The second-order valence-corrected chi connectivity index (χ2v) is 12.0. The maximum Gasteiger partial charge on any atom is 0.155 e. The lowest BCUT2D eigenvalue weighted by atomic mass is 9.42. The molecule has 12 unspecified atom stereocenters. The highest BCUT2D eigenvalue weighted by atomic mass is 16.6. The number of hydrogen-bond acceptors (Lipinski definition) is 4. The third-order valence-electron chi connectivity index (χ3n) is 11.4. The van der Waals surface area contributed by atoms with Crippen LogP contribution in [-0.4, -0.2) is 38.9 Å². The average molecular weight is 387 g/mol. The Hall–Kier alpha value is -0.420. The molecule has 1 spiro atoms. The molecule has 7 aliphatic rings. The van der Waals surface area contributed by atoms with Crippen LogP contribution >= 0.6 is 0 Å². The van der Waals surface area contributed by atoms with Gasteiger partial charge < -0.3 is 20.1 Å². The minimum absolute atomic E-state index is 0.0877. The van der Waals surface area contributed by atoms with Gasteiger partial charge in [0.15, 0.2) is 6.29 Å². The fraction of sp³-hybridized carbons (Fsp3) is 0.917. The fourth-order valence-corrected chi connectivity index (χ4v) is 10.0. The molecule has 3 N–H and O–H groups in total. The van der Waals surface area contributed by atoms with E-state index in [9.17, 15) is 15.3 Å². The highest BCUT2D eigenvalue weighted by Gasteiger charge is 2.81. The van der Waals surface area contributed by atoms with Gasteiger partial charge in [0.25, 0.3) is 0 Å². The summed E-state index contributed by atoms with van der Waals surface area (Å²) < 4.78 is 6.38. The average Bonchev–Trinajstić information content (AvgIpc) is 3.54. The van der Waals surface area contributed by atoms with Crippen LogP contribution in [0.25, 0.3) is 0 Å². The Bertz CT molecular complexity index is 793. The van der Waals surface area contributed by atoms with Gasteiger partial charge in [-0.25, -0.2) is 0 Å². The van der Waals surface area contributed by atoms with E-state index in [4.69, 9.17) is 4.74 Å². The molecule has 1 heterocycles. The molecule has 0 radical (unpaired) electrons. The number of ether oxygens (including phenoxy) is 1. The van der Waals surface area contributed by atoms with Crippen LogP contribution in [0.1, 0.15) is 65.2 Å². The maximum atomic E-state index is 11.8. The molecule has 28 heavy (non-hydrogen) atoms. The highest BCUT2D eigenvalue weighted by molar-refractivity contribution is 5.46. The molecule has 1 saturated heterocycles. The second kappa shape index (κ2) is 4.74. The van der Waals surface area contributed by atoms with Gasteiger partial charge in [0.2, 0.25) is 0 Å². The number of hydrogen-bond donors (Lipinski definition) is 3. The topological polar surface area (TPSA) is 69.9 Å². The summed E-state index contributed by atoms with van der Waals surface area (Å²) in [5.41, 5.74) is 0.739. The van der Waals surface area contributed by atoms with Crippen molar-refractivity contribution in [3.8, 4) is 0 Å². The Morgan fingerprint density at radius 2 is 1.79 bits per heavy atom. The summed E-state index contributed by atoms with van der Waals surface area (Å²) >= 11 is 0. The zero-order valence-corrected chi connectivity index (χ0v) is 17.1. The van der Waals surface area contributed by atoms with E-state index in [0.717, 1.165) is 44.4 Å². The lowest BCUT2D eigenvalue weighted by Gasteiger charge is -2.64. The van der Waals surface area contributed by atoms with Crippen molar-refractivity contribution in [1.29, 1.82) is 0 Å². The van der Waals surface area contributed by atoms with Gasteiger partial charge in [-0.05, 0) is 68.1 Å². The molecule has 0 aromatic heterocycles. The lowest BCUT2D eigenvalue weighted by molar-refractivity contribution is -0.233. The summed E-state index contributed by atoms with van der Waals surface area (Å²) in [6.07, 6.45) is 9.15. The molecule has 154 valence electrons. The van der Waals surface area contributed by atoms with Crippen LogP contribution in [0.4, 0.5) is 0 Å². The number of aliphatic hydroxyl groups excluding tert-OH is 2. The molecule has 5 saturated carbocycles. The Balaban J connectivity index is 1.32. The minimum atomic E-state index is -0.742. The molecule has 1 aliphatic heterocycles. The van der Waals surface area contributed by atoms with Crippen LogP contribution in [0, 0.1) is 46.3 Å². The first-order chi connectivity index (χ1) is 13.3. The lowest BCUT2D eigenvalue weighted by Crippen LogP contribution is -2.65. The van der Waals surface area contributed by atoms with E-state index in [2.05, 4.69) is 19.9 Å². The minimum Gasteiger partial charge on any atom is -0.393 e. The SMILES string of the molecule is CC12CCC(O)CC1(O)C1C=C1C1C2CCC2(C)C1C1CC1C21CCC(O)O1. The number of fused-ring (bicyclic) bond motifs is 12.